The first-order valence-corrected chi connectivity index (χ1v) is 10.2. The van der Waals surface area contributed by atoms with Crippen molar-refractivity contribution in [3.63, 3.8) is 0 Å². The number of amides is 1. The van der Waals surface area contributed by atoms with Crippen molar-refractivity contribution < 1.29 is 13.2 Å². The zero-order valence-corrected chi connectivity index (χ0v) is 15.2. The molecule has 1 aliphatic heterocycles. The molecule has 1 fully saturated rings. The molecule has 7 heteroatoms. The van der Waals surface area contributed by atoms with E-state index in [1.807, 2.05) is 31.2 Å². The lowest BCUT2D eigenvalue weighted by Crippen LogP contribution is -2.41. The lowest BCUT2D eigenvalue weighted by Gasteiger charge is -2.26. The minimum atomic E-state index is -2.97. The second kappa shape index (κ2) is 6.71. The Morgan fingerprint density at radius 2 is 2.00 bits per heavy atom. The van der Waals surface area contributed by atoms with Crippen LogP contribution in [0.25, 0.3) is 0 Å². The van der Waals surface area contributed by atoms with E-state index in [0.29, 0.717) is 6.42 Å². The lowest BCUT2D eigenvalue weighted by molar-refractivity contribution is -0.130. The zero-order chi connectivity index (χ0) is 15.6. The van der Waals surface area contributed by atoms with Crippen molar-refractivity contribution in [3.8, 4) is 0 Å². The van der Waals surface area contributed by atoms with Crippen LogP contribution in [-0.2, 0) is 14.6 Å². The fraction of sp³-hybridized carbons (Fsp3) is 0.500. The summed E-state index contributed by atoms with van der Waals surface area (Å²) in [6.45, 7) is 1.86. The smallest absolute Gasteiger partial charge is 0.235 e. The Labute approximate surface area is 138 Å². The number of sulfone groups is 1. The largest absolute Gasteiger partial charge is 0.341 e. The maximum absolute atomic E-state index is 12.4. The van der Waals surface area contributed by atoms with Gasteiger partial charge in [-0.1, -0.05) is 15.9 Å². The molecular weight excluding hydrogens is 374 g/mol. The van der Waals surface area contributed by atoms with Gasteiger partial charge >= 0.3 is 0 Å². The molecule has 0 spiro atoms. The summed E-state index contributed by atoms with van der Waals surface area (Å²) >= 11 is 4.86. The van der Waals surface area contributed by atoms with Crippen molar-refractivity contribution in [2.24, 2.45) is 0 Å². The summed E-state index contributed by atoms with van der Waals surface area (Å²) in [6.07, 6.45) is 0.542. The number of carbonyl (C=O) groups is 1. The average Bonchev–Trinajstić information content (AvgIpc) is 2.80. The summed E-state index contributed by atoms with van der Waals surface area (Å²) in [7, 11) is -1.27. The first-order chi connectivity index (χ1) is 9.78. The molecule has 0 saturated carbocycles. The summed E-state index contributed by atoms with van der Waals surface area (Å²) in [5.41, 5.74) is 0. The third-order valence-electron chi connectivity index (χ3n) is 3.58. The fourth-order valence-corrected chi connectivity index (χ4v) is 5.32. The van der Waals surface area contributed by atoms with Gasteiger partial charge in [-0.3, -0.25) is 4.79 Å². The molecule has 116 valence electrons. The summed E-state index contributed by atoms with van der Waals surface area (Å²) in [5.74, 6) is 0.249. The van der Waals surface area contributed by atoms with E-state index in [1.54, 1.807) is 11.9 Å². The van der Waals surface area contributed by atoms with Crippen LogP contribution in [0.15, 0.2) is 33.6 Å². The van der Waals surface area contributed by atoms with E-state index in [-0.39, 0.29) is 28.7 Å². The highest BCUT2D eigenvalue weighted by Gasteiger charge is 2.34. The maximum atomic E-state index is 12.4. The monoisotopic (exact) mass is 391 g/mol. The van der Waals surface area contributed by atoms with Crippen LogP contribution in [0.2, 0.25) is 0 Å². The van der Waals surface area contributed by atoms with Crippen molar-refractivity contribution in [3.05, 3.63) is 28.7 Å². The van der Waals surface area contributed by atoms with E-state index < -0.39 is 9.84 Å². The van der Waals surface area contributed by atoms with Crippen LogP contribution in [0.1, 0.15) is 13.3 Å². The zero-order valence-electron chi connectivity index (χ0n) is 12.0. The van der Waals surface area contributed by atoms with E-state index in [2.05, 4.69) is 15.9 Å². The van der Waals surface area contributed by atoms with E-state index in [1.165, 1.54) is 11.8 Å². The molecule has 1 aromatic carbocycles. The highest BCUT2D eigenvalue weighted by atomic mass is 79.9. The topological polar surface area (TPSA) is 54.5 Å². The molecule has 21 heavy (non-hydrogen) atoms. The molecule has 1 aliphatic rings. The summed E-state index contributed by atoms with van der Waals surface area (Å²) in [4.78, 5) is 15.0. The number of carbonyl (C=O) groups excluding carboxylic acids is 1. The van der Waals surface area contributed by atoms with Crippen LogP contribution >= 0.6 is 27.7 Å². The van der Waals surface area contributed by atoms with E-state index in [4.69, 9.17) is 0 Å². The fourth-order valence-electron chi connectivity index (χ4n) is 2.32. The molecule has 1 aromatic rings. The molecule has 1 amide bonds. The Kier molecular flexibility index (Phi) is 5.38. The predicted octanol–water partition coefficient (Wildman–Crippen LogP) is 2.58. The number of rotatable bonds is 4. The van der Waals surface area contributed by atoms with Crippen molar-refractivity contribution in [2.45, 2.75) is 29.5 Å². The van der Waals surface area contributed by atoms with Crippen LogP contribution in [-0.4, -0.2) is 49.1 Å². The second-order valence-corrected chi connectivity index (χ2v) is 9.78. The average molecular weight is 392 g/mol. The molecule has 1 heterocycles. The maximum Gasteiger partial charge on any atom is 0.235 e. The van der Waals surface area contributed by atoms with Gasteiger partial charge in [0.25, 0.3) is 0 Å². The molecule has 0 aliphatic carbocycles. The third kappa shape index (κ3) is 4.47. The Balaban J connectivity index is 1.97. The highest BCUT2D eigenvalue weighted by molar-refractivity contribution is 9.10. The van der Waals surface area contributed by atoms with Gasteiger partial charge in [0, 0.05) is 22.5 Å². The molecule has 0 radical (unpaired) electrons. The highest BCUT2D eigenvalue weighted by Crippen LogP contribution is 2.27. The molecule has 0 bridgehead atoms. The van der Waals surface area contributed by atoms with Crippen molar-refractivity contribution in [1.29, 1.82) is 0 Å². The molecule has 0 unspecified atom stereocenters. The van der Waals surface area contributed by atoms with Crippen LogP contribution in [0.5, 0.6) is 0 Å². The quantitative estimate of drug-likeness (QED) is 0.740. The SMILES string of the molecule is C[C@H](Sc1ccc(Br)cc1)C(=O)N(C)[C@@H]1CCS(=O)(=O)C1. The van der Waals surface area contributed by atoms with Gasteiger partial charge in [-0.2, -0.15) is 0 Å². The number of benzene rings is 1. The van der Waals surface area contributed by atoms with E-state index in [9.17, 15) is 13.2 Å². The predicted molar refractivity (Wildman–Crippen MR) is 89.3 cm³/mol. The number of hydrogen-bond donors (Lipinski definition) is 0. The Hall–Kier alpha value is -0.530. The summed E-state index contributed by atoms with van der Waals surface area (Å²) in [6, 6.07) is 7.60. The van der Waals surface area contributed by atoms with Gasteiger partial charge in [-0.15, -0.1) is 11.8 Å². The number of thioether (sulfide) groups is 1. The molecule has 0 N–H and O–H groups in total. The van der Waals surface area contributed by atoms with Gasteiger partial charge in [-0.05, 0) is 37.6 Å². The first-order valence-electron chi connectivity index (χ1n) is 6.68. The molecule has 2 rings (SSSR count). The molecule has 2 atom stereocenters. The third-order valence-corrected chi connectivity index (χ3v) is 6.96. The lowest BCUT2D eigenvalue weighted by atomic mass is 10.2. The van der Waals surface area contributed by atoms with Gasteiger partial charge in [-0.25, -0.2) is 8.42 Å². The number of nitrogens with zero attached hydrogens (tertiary/aromatic N) is 1. The standard InChI is InChI=1S/C14H18BrNO3S2/c1-10(20-13-5-3-11(15)4-6-13)14(17)16(2)12-7-8-21(18,19)9-12/h3-6,10,12H,7-9H2,1-2H3/t10-,12+/m0/s1. The molecule has 1 saturated heterocycles. The van der Waals surface area contributed by atoms with Gasteiger partial charge in [0.1, 0.15) is 0 Å². The van der Waals surface area contributed by atoms with Gasteiger partial charge < -0.3 is 4.90 Å². The van der Waals surface area contributed by atoms with E-state index in [0.717, 1.165) is 9.37 Å². The van der Waals surface area contributed by atoms with Crippen LogP contribution < -0.4 is 0 Å². The van der Waals surface area contributed by atoms with Gasteiger partial charge in [0.15, 0.2) is 9.84 Å². The number of hydrogen-bond acceptors (Lipinski definition) is 4. The molecule has 0 aromatic heterocycles. The first kappa shape index (κ1) is 16.8. The molecule has 4 nitrogen and oxygen atoms in total. The summed E-state index contributed by atoms with van der Waals surface area (Å²) in [5, 5.41) is -0.237. The van der Waals surface area contributed by atoms with Crippen LogP contribution in [0, 0.1) is 0 Å². The van der Waals surface area contributed by atoms with Crippen molar-refractivity contribution >= 4 is 43.4 Å². The minimum Gasteiger partial charge on any atom is -0.341 e. The Bertz CT molecular complexity index is 616. The van der Waals surface area contributed by atoms with Gasteiger partial charge in [0.2, 0.25) is 5.91 Å². The van der Waals surface area contributed by atoms with Crippen molar-refractivity contribution in [2.75, 3.05) is 18.6 Å². The second-order valence-electron chi connectivity index (χ2n) is 5.22. The Morgan fingerprint density at radius 1 is 1.38 bits per heavy atom. The number of halogens is 1. The minimum absolute atomic E-state index is 0.0231. The van der Waals surface area contributed by atoms with Crippen LogP contribution in [0.4, 0.5) is 0 Å². The van der Waals surface area contributed by atoms with Crippen molar-refractivity contribution in [1.82, 2.24) is 4.90 Å². The van der Waals surface area contributed by atoms with Crippen LogP contribution in [0.3, 0.4) is 0 Å². The normalized spacial score (nSPS) is 22.0. The Morgan fingerprint density at radius 3 is 2.52 bits per heavy atom. The van der Waals surface area contributed by atoms with E-state index >= 15 is 0 Å². The molecular formula is C14H18BrNO3S2. The van der Waals surface area contributed by atoms with Gasteiger partial charge in [0.05, 0.1) is 16.8 Å². The summed E-state index contributed by atoms with van der Waals surface area (Å²) < 4.78 is 24.0.